The Kier molecular flexibility index (Phi) is 4.09. The number of nitrogens with zero attached hydrogens (tertiary/aromatic N) is 3. The summed E-state index contributed by atoms with van der Waals surface area (Å²) in [4.78, 5) is 32.7. The summed E-state index contributed by atoms with van der Waals surface area (Å²) in [5, 5.41) is 5.20. The Bertz CT molecular complexity index is 1110. The zero-order valence-corrected chi connectivity index (χ0v) is 16.8. The Labute approximate surface area is 169 Å². The van der Waals surface area contributed by atoms with Crippen LogP contribution in [0.2, 0.25) is 0 Å². The Morgan fingerprint density at radius 3 is 2.67 bits per heavy atom. The maximum Gasteiger partial charge on any atom is 0.440 e. The van der Waals surface area contributed by atoms with E-state index in [-0.39, 0.29) is 22.7 Å². The molecule has 27 heavy (non-hydrogen) atoms. The van der Waals surface area contributed by atoms with Gasteiger partial charge in [0.25, 0.3) is 17.5 Å². The molecule has 0 saturated heterocycles. The van der Waals surface area contributed by atoms with Gasteiger partial charge in [-0.1, -0.05) is 6.07 Å². The van der Waals surface area contributed by atoms with Crippen molar-refractivity contribution < 1.29 is 22.8 Å². The van der Waals surface area contributed by atoms with Crippen LogP contribution in [-0.2, 0) is 10.5 Å². The number of carbonyl (C=O) groups is 2. The van der Waals surface area contributed by atoms with Crippen molar-refractivity contribution in [3.8, 4) is 0 Å². The molecule has 2 amide bonds. The molecular weight excluding hydrogens is 519 g/mol. The molecule has 7 nitrogen and oxygen atoms in total. The van der Waals surface area contributed by atoms with Crippen LogP contribution in [0.25, 0.3) is 11.0 Å². The van der Waals surface area contributed by atoms with Crippen LogP contribution in [0.1, 0.15) is 10.5 Å². The molecule has 0 spiro atoms. The second-order valence-electron chi connectivity index (χ2n) is 5.48. The number of carbonyl (C=O) groups excluding carboxylic acids is 2. The van der Waals surface area contributed by atoms with Crippen molar-refractivity contribution >= 4 is 72.0 Å². The first-order valence-electron chi connectivity index (χ1n) is 7.14. The predicted octanol–water partition coefficient (Wildman–Crippen LogP) is 3.62. The Hall–Kier alpha value is -1.99. The van der Waals surface area contributed by atoms with Crippen LogP contribution in [0.4, 0.5) is 19.1 Å². The van der Waals surface area contributed by atoms with E-state index in [1.807, 2.05) is 5.32 Å². The summed E-state index contributed by atoms with van der Waals surface area (Å²) >= 11 is 7.29. The van der Waals surface area contributed by atoms with E-state index in [9.17, 15) is 22.8 Å². The number of hydrogen-bond acceptors (Lipinski definition) is 5. The van der Waals surface area contributed by atoms with Crippen LogP contribution in [0, 0.1) is 0 Å². The Morgan fingerprint density at radius 1 is 1.30 bits per heavy atom. The molecule has 0 radical (unpaired) electrons. The summed E-state index contributed by atoms with van der Waals surface area (Å²) in [6, 6.07) is 4.49. The highest BCUT2D eigenvalue weighted by Crippen LogP contribution is 2.44. The van der Waals surface area contributed by atoms with Crippen LogP contribution in [0.15, 0.2) is 32.0 Å². The van der Waals surface area contributed by atoms with Crippen molar-refractivity contribution in [2.45, 2.75) is 11.8 Å². The highest BCUT2D eigenvalue weighted by molar-refractivity contribution is 9.11. The molecule has 13 heteroatoms. The minimum atomic E-state index is -5.15. The van der Waals surface area contributed by atoms with Gasteiger partial charge in [0.1, 0.15) is 11.2 Å². The molecular formula is C14H6Br2F3N5O2S. The zero-order chi connectivity index (χ0) is 19.6. The van der Waals surface area contributed by atoms with E-state index in [0.29, 0.717) is 13.0 Å². The Balaban J connectivity index is 1.94. The average molecular weight is 525 g/mol. The second-order valence-corrected chi connectivity index (χ2v) is 8.47. The fourth-order valence-corrected chi connectivity index (χ4v) is 4.24. The molecule has 4 rings (SSSR count). The number of nitrogens with one attached hydrogen (secondary N) is 2. The standard InChI is InChI=1S/C14H6Br2F3N5O2S/c15-5-2-1-3-7-8(5)21-12-22-10(26)13(24(7)12,14(17,18)19)23-9(25)6-4-27-11(16)20-6/h1-4H,(H,23,25)(H,21,22,26). The number of halogens is 5. The number of aromatic nitrogens is 3. The van der Waals surface area contributed by atoms with Crippen LogP contribution in [0.3, 0.4) is 0 Å². The number of alkyl halides is 3. The molecule has 1 aliphatic heterocycles. The lowest BCUT2D eigenvalue weighted by Gasteiger charge is -2.31. The molecule has 3 heterocycles. The van der Waals surface area contributed by atoms with Gasteiger partial charge in [0.05, 0.1) is 5.52 Å². The summed E-state index contributed by atoms with van der Waals surface area (Å²) in [6.45, 7) is 0. The van der Waals surface area contributed by atoms with Gasteiger partial charge in [-0.25, -0.2) is 9.97 Å². The van der Waals surface area contributed by atoms with Crippen LogP contribution >= 0.6 is 43.2 Å². The van der Waals surface area contributed by atoms with E-state index < -0.39 is 23.7 Å². The average Bonchev–Trinajstić information content (AvgIpc) is 3.22. The third-order valence-corrected chi connectivity index (χ3v) is 5.94. The highest BCUT2D eigenvalue weighted by atomic mass is 79.9. The van der Waals surface area contributed by atoms with Crippen molar-refractivity contribution in [1.82, 2.24) is 19.9 Å². The molecule has 140 valence electrons. The molecule has 2 N–H and O–H groups in total. The number of anilines is 1. The summed E-state index contributed by atoms with van der Waals surface area (Å²) < 4.78 is 43.9. The van der Waals surface area contributed by atoms with Crippen LogP contribution in [0.5, 0.6) is 0 Å². The molecule has 0 aliphatic carbocycles. The quantitative estimate of drug-likeness (QED) is 0.536. The summed E-state index contributed by atoms with van der Waals surface area (Å²) in [5.41, 5.74) is -3.37. The number of amides is 2. The summed E-state index contributed by atoms with van der Waals surface area (Å²) in [6.07, 6.45) is -5.15. The molecule has 0 bridgehead atoms. The molecule has 2 aromatic heterocycles. The summed E-state index contributed by atoms with van der Waals surface area (Å²) in [7, 11) is 0. The number of rotatable bonds is 2. The van der Waals surface area contributed by atoms with Gasteiger partial charge >= 0.3 is 6.18 Å². The lowest BCUT2D eigenvalue weighted by atomic mass is 10.1. The second kappa shape index (κ2) is 6.01. The minimum Gasteiger partial charge on any atom is -0.312 e. The van der Waals surface area contributed by atoms with E-state index in [1.54, 1.807) is 6.07 Å². The maximum atomic E-state index is 14.2. The third kappa shape index (κ3) is 2.59. The molecule has 1 atom stereocenters. The minimum absolute atomic E-state index is 0.0230. The van der Waals surface area contributed by atoms with Crippen molar-refractivity contribution in [2.75, 3.05) is 5.32 Å². The van der Waals surface area contributed by atoms with Gasteiger partial charge in [0.15, 0.2) is 3.92 Å². The van der Waals surface area contributed by atoms with Gasteiger partial charge in [-0.3, -0.25) is 19.5 Å². The van der Waals surface area contributed by atoms with Crippen molar-refractivity contribution in [3.05, 3.63) is 37.7 Å². The van der Waals surface area contributed by atoms with Gasteiger partial charge in [0, 0.05) is 9.85 Å². The largest absolute Gasteiger partial charge is 0.440 e. The number of benzene rings is 1. The van der Waals surface area contributed by atoms with E-state index in [2.05, 4.69) is 47.1 Å². The normalized spacial score (nSPS) is 19.2. The molecule has 0 saturated carbocycles. The number of hydrogen-bond donors (Lipinski definition) is 2. The smallest absolute Gasteiger partial charge is 0.312 e. The van der Waals surface area contributed by atoms with Gasteiger partial charge in [-0.05, 0) is 44.0 Å². The fourth-order valence-electron chi connectivity index (χ4n) is 2.81. The predicted molar refractivity (Wildman–Crippen MR) is 97.4 cm³/mol. The third-order valence-electron chi connectivity index (χ3n) is 3.94. The number of fused-ring (bicyclic) bond motifs is 3. The molecule has 1 aliphatic rings. The lowest BCUT2D eigenvalue weighted by molar-refractivity contribution is -0.213. The van der Waals surface area contributed by atoms with Crippen molar-refractivity contribution in [3.63, 3.8) is 0 Å². The van der Waals surface area contributed by atoms with E-state index in [1.165, 1.54) is 17.5 Å². The van der Waals surface area contributed by atoms with E-state index >= 15 is 0 Å². The SMILES string of the molecule is O=C(NC1(C(F)(F)F)C(=O)Nc2nc3c(Br)cccc3n21)c1csc(Br)n1. The zero-order valence-electron chi connectivity index (χ0n) is 12.8. The molecule has 1 aromatic carbocycles. The number of thiazole rings is 1. The van der Waals surface area contributed by atoms with Crippen LogP contribution < -0.4 is 10.6 Å². The molecule has 1 unspecified atom stereocenters. The van der Waals surface area contributed by atoms with E-state index in [4.69, 9.17) is 0 Å². The first kappa shape index (κ1) is 18.4. The van der Waals surface area contributed by atoms with Gasteiger partial charge in [-0.15, -0.1) is 11.3 Å². The van der Waals surface area contributed by atoms with Gasteiger partial charge < -0.3 is 5.32 Å². The number of para-hydroxylation sites is 1. The topological polar surface area (TPSA) is 88.9 Å². The first-order valence-corrected chi connectivity index (χ1v) is 9.61. The summed E-state index contributed by atoms with van der Waals surface area (Å²) in [5.74, 6) is -2.92. The monoisotopic (exact) mass is 523 g/mol. The Morgan fingerprint density at radius 2 is 2.04 bits per heavy atom. The molecule has 0 fully saturated rings. The molecule has 3 aromatic rings. The van der Waals surface area contributed by atoms with E-state index in [0.717, 1.165) is 11.3 Å². The number of imidazole rings is 1. The fraction of sp³-hybridized carbons (Fsp3) is 0.143. The highest BCUT2D eigenvalue weighted by Gasteiger charge is 2.67. The van der Waals surface area contributed by atoms with Crippen molar-refractivity contribution in [1.29, 1.82) is 0 Å². The van der Waals surface area contributed by atoms with Gasteiger partial charge in [-0.2, -0.15) is 13.2 Å². The maximum absolute atomic E-state index is 14.2. The van der Waals surface area contributed by atoms with Crippen LogP contribution in [-0.4, -0.2) is 32.5 Å². The lowest BCUT2D eigenvalue weighted by Crippen LogP contribution is -2.63. The van der Waals surface area contributed by atoms with Crippen molar-refractivity contribution in [2.24, 2.45) is 0 Å². The van der Waals surface area contributed by atoms with Gasteiger partial charge in [0.2, 0.25) is 5.95 Å². The first-order chi connectivity index (χ1) is 12.6.